The lowest BCUT2D eigenvalue weighted by atomic mass is 9.97. The van der Waals surface area contributed by atoms with E-state index in [9.17, 15) is 0 Å². The van der Waals surface area contributed by atoms with Gasteiger partial charge in [-0.25, -0.2) is 33.4 Å². The molecule has 12 rings (SSSR count). The van der Waals surface area contributed by atoms with E-state index in [4.69, 9.17) is 52.6 Å². The van der Waals surface area contributed by atoms with Crippen molar-refractivity contribution in [1.82, 2.24) is 44.1 Å². The van der Waals surface area contributed by atoms with Gasteiger partial charge in [0.2, 0.25) is 0 Å². The zero-order valence-corrected chi connectivity index (χ0v) is 39.0. The monoisotopic (exact) mass is 961 g/mol. The molecule has 9 aromatic heterocycles. The third kappa shape index (κ3) is 8.27. The minimum absolute atomic E-state index is 0.148. The number of aromatic nitrogens is 9. The number of pyridine rings is 1. The zero-order valence-electron chi connectivity index (χ0n) is 37.3. The van der Waals surface area contributed by atoms with Crippen molar-refractivity contribution in [1.29, 1.82) is 0 Å². The molecule has 0 saturated carbocycles. The third-order valence-electron chi connectivity index (χ3n) is 12.0. The number of thiazole rings is 2. The van der Waals surface area contributed by atoms with Crippen LogP contribution in [0.2, 0.25) is 0 Å². The second-order valence-corrected chi connectivity index (χ2v) is 18.3. The molecule has 0 spiro atoms. The first kappa shape index (κ1) is 42.6. The topological polar surface area (TPSA) is 171 Å². The molecule has 0 atom stereocenters. The summed E-state index contributed by atoms with van der Waals surface area (Å²) in [6.07, 6.45) is 8.39. The molecule has 1 fully saturated rings. The van der Waals surface area contributed by atoms with Crippen LogP contribution in [-0.4, -0.2) is 71.6 Å². The van der Waals surface area contributed by atoms with Crippen molar-refractivity contribution in [2.45, 2.75) is 45.1 Å². The van der Waals surface area contributed by atoms with Crippen LogP contribution < -0.4 is 18.9 Å². The number of hydrogen-bond donors (Lipinski definition) is 0. The molecule has 0 aliphatic carbocycles. The van der Waals surface area contributed by atoms with Crippen LogP contribution in [0, 0.1) is 6.92 Å². The lowest BCUT2D eigenvalue weighted by molar-refractivity contribution is -0.0117. The highest BCUT2D eigenvalue weighted by Gasteiger charge is 2.37. The fourth-order valence-corrected chi connectivity index (χ4v) is 10.2. The van der Waals surface area contributed by atoms with E-state index < -0.39 is 5.67 Å². The van der Waals surface area contributed by atoms with Crippen LogP contribution in [0.25, 0.3) is 66.7 Å². The smallest absolute Gasteiger partial charge is 0.166 e. The Morgan fingerprint density at radius 1 is 0.696 bits per heavy atom. The van der Waals surface area contributed by atoms with Gasteiger partial charge in [-0.1, -0.05) is 0 Å². The predicted octanol–water partition coefficient (Wildman–Crippen LogP) is 10.6. The number of hydrogen-bond acceptors (Lipinski definition) is 16. The van der Waals surface area contributed by atoms with Gasteiger partial charge in [0, 0.05) is 72.2 Å². The molecule has 0 amide bonds. The zero-order chi connectivity index (χ0) is 46.6. The lowest BCUT2D eigenvalue weighted by Gasteiger charge is -2.27. The van der Waals surface area contributed by atoms with Gasteiger partial charge in [0.25, 0.3) is 0 Å². The van der Waals surface area contributed by atoms with Gasteiger partial charge in [-0.15, -0.1) is 22.7 Å². The molecule has 1 aliphatic rings. The molecule has 0 unspecified atom stereocenters. The number of fused-ring (bicyclic) bond motifs is 4. The first-order valence-electron chi connectivity index (χ1n) is 22.0. The summed E-state index contributed by atoms with van der Waals surface area (Å²) >= 11 is 2.84. The quantitative estimate of drug-likeness (QED) is 0.101. The molecule has 10 heterocycles. The van der Waals surface area contributed by atoms with Gasteiger partial charge < -0.3 is 32.5 Å². The van der Waals surface area contributed by atoms with E-state index in [1.165, 1.54) is 22.7 Å². The molecule has 69 heavy (non-hydrogen) atoms. The molecule has 346 valence electrons. The van der Waals surface area contributed by atoms with Gasteiger partial charge in [-0.3, -0.25) is 4.98 Å². The second kappa shape index (κ2) is 17.4. The number of benzene rings is 2. The van der Waals surface area contributed by atoms with Crippen LogP contribution >= 0.6 is 22.7 Å². The normalized spacial score (nSPS) is 13.8. The Morgan fingerprint density at radius 2 is 1.32 bits per heavy atom. The van der Waals surface area contributed by atoms with Crippen molar-refractivity contribution in [3.8, 4) is 56.5 Å². The fraction of sp³-hybridized carbons (Fsp3) is 0.220. The maximum atomic E-state index is 15.6. The van der Waals surface area contributed by atoms with Gasteiger partial charge in [0.15, 0.2) is 28.5 Å². The Bertz CT molecular complexity index is 3700. The maximum Gasteiger partial charge on any atom is 0.166 e. The Hall–Kier alpha value is -7.74. The summed E-state index contributed by atoms with van der Waals surface area (Å²) < 4.78 is 60.9. The van der Waals surface area contributed by atoms with E-state index in [2.05, 4.69) is 15.1 Å². The number of furan rings is 2. The van der Waals surface area contributed by atoms with E-state index in [0.29, 0.717) is 106 Å². The first-order chi connectivity index (χ1) is 33.7. The number of nitrogens with zero attached hydrogens (tertiary/aromatic N) is 9. The number of methoxy groups -OCH3 is 2. The summed E-state index contributed by atoms with van der Waals surface area (Å²) in [5.41, 5.74) is 7.34. The Balaban J connectivity index is 0.751. The molecule has 0 N–H and O–H groups in total. The first-order valence-corrected chi connectivity index (χ1v) is 23.8. The van der Waals surface area contributed by atoms with Crippen molar-refractivity contribution in [2.75, 3.05) is 27.4 Å². The van der Waals surface area contributed by atoms with E-state index in [-0.39, 0.29) is 13.2 Å². The molecule has 16 nitrogen and oxygen atoms in total. The highest BCUT2D eigenvalue weighted by atomic mass is 32.1. The molecule has 1 aliphatic heterocycles. The van der Waals surface area contributed by atoms with Crippen LogP contribution in [0.1, 0.15) is 46.2 Å². The maximum absolute atomic E-state index is 15.6. The standard InChI is InChI=1S/C50H40FN9O7S2/c1-28-4-6-46-55-38(22-59(46)57-28)44-19-36-40(15-33(61-2)17-42(36)66-44)64-24-31-26-68-48(53-31)35-8-11-52-21-29(35)14-30-5-7-47-56-39(23-60(47)58-30)45-20-37-41(16-34(62-3)18-43(37)67-45)65-25-32-27-69-49(54-32)50(51)9-12-63-13-10-50/h4-8,11,15-23,26-27H,9-10,12-14,24-25H2,1-3H3. The molecule has 0 bridgehead atoms. The van der Waals surface area contributed by atoms with Crippen LogP contribution in [-0.2, 0) is 30.0 Å². The number of rotatable bonds is 14. The summed E-state index contributed by atoms with van der Waals surface area (Å²) in [6.45, 7) is 3.07. The van der Waals surface area contributed by atoms with Crippen molar-refractivity contribution >= 4 is 55.9 Å². The average Bonchev–Trinajstić information content (AvgIpc) is 4.24. The Morgan fingerprint density at radius 3 is 1.99 bits per heavy atom. The van der Waals surface area contributed by atoms with Gasteiger partial charge in [0.05, 0.1) is 73.4 Å². The third-order valence-corrected chi connectivity index (χ3v) is 14.0. The highest BCUT2D eigenvalue weighted by Crippen LogP contribution is 2.41. The molecular weight excluding hydrogens is 922 g/mol. The summed E-state index contributed by atoms with van der Waals surface area (Å²) in [4.78, 5) is 23.6. The minimum atomic E-state index is -1.47. The molecule has 11 aromatic rings. The van der Waals surface area contributed by atoms with Crippen molar-refractivity contribution in [2.24, 2.45) is 0 Å². The summed E-state index contributed by atoms with van der Waals surface area (Å²) in [6, 6.07) is 20.8. The van der Waals surface area contributed by atoms with Crippen LogP contribution in [0.4, 0.5) is 4.39 Å². The number of alkyl halides is 1. The van der Waals surface area contributed by atoms with Crippen LogP contribution in [0.15, 0.2) is 111 Å². The van der Waals surface area contributed by atoms with Crippen LogP contribution in [0.5, 0.6) is 23.0 Å². The van der Waals surface area contributed by atoms with Gasteiger partial charge in [-0.05, 0) is 55.0 Å². The number of ether oxygens (including phenoxy) is 5. The van der Waals surface area contributed by atoms with E-state index in [0.717, 1.165) is 49.6 Å². The van der Waals surface area contributed by atoms with Gasteiger partial charge in [0.1, 0.15) is 68.8 Å². The Labute approximate surface area is 399 Å². The SMILES string of the molecule is COc1cc(OCc2csc(-c3ccncc3Cc3ccc4nc(-c5cc6c(OCc7csc(C8(F)CCOCC8)n7)cc(OC)cc6o5)cn4n3)n2)c2cc(-c3cn4nc(C)ccc4n3)oc2c1. The summed E-state index contributed by atoms with van der Waals surface area (Å²) in [7, 11) is 3.19. The van der Waals surface area contributed by atoms with Gasteiger partial charge >= 0.3 is 0 Å². The fourth-order valence-electron chi connectivity index (χ4n) is 8.38. The van der Waals surface area contributed by atoms with Crippen LogP contribution in [0.3, 0.4) is 0 Å². The molecule has 0 radical (unpaired) electrons. The van der Waals surface area contributed by atoms with E-state index in [1.807, 2.05) is 90.9 Å². The highest BCUT2D eigenvalue weighted by molar-refractivity contribution is 7.13. The Kier molecular flexibility index (Phi) is 10.7. The van der Waals surface area contributed by atoms with Crippen molar-refractivity contribution in [3.63, 3.8) is 0 Å². The summed E-state index contributed by atoms with van der Waals surface area (Å²) in [5.74, 6) is 3.43. The molecule has 2 aromatic carbocycles. The predicted molar refractivity (Wildman–Crippen MR) is 256 cm³/mol. The number of halogens is 1. The average molecular weight is 962 g/mol. The van der Waals surface area contributed by atoms with E-state index >= 15 is 4.39 Å². The number of aryl methyl sites for hydroxylation is 1. The summed E-state index contributed by atoms with van der Waals surface area (Å²) in [5, 5.41) is 16.1. The van der Waals surface area contributed by atoms with Crippen molar-refractivity contribution in [3.05, 3.63) is 136 Å². The minimum Gasteiger partial charge on any atom is -0.496 e. The molecule has 19 heteroatoms. The van der Waals surface area contributed by atoms with Gasteiger partial charge in [-0.2, -0.15) is 10.2 Å². The lowest BCUT2D eigenvalue weighted by Crippen LogP contribution is -2.29. The van der Waals surface area contributed by atoms with E-state index in [1.54, 1.807) is 41.6 Å². The molecule has 1 saturated heterocycles. The number of imidazole rings is 2. The second-order valence-electron chi connectivity index (χ2n) is 16.6. The molecular formula is C50H40FN9O7S2. The largest absolute Gasteiger partial charge is 0.496 e. The van der Waals surface area contributed by atoms with Crippen molar-refractivity contribution < 1.29 is 36.9 Å².